The maximum atomic E-state index is 9.96. The van der Waals surface area contributed by atoms with Gasteiger partial charge in [-0.3, -0.25) is 0 Å². The van der Waals surface area contributed by atoms with E-state index in [2.05, 4.69) is 19.1 Å². The minimum absolute atomic E-state index is 0.680. The second-order valence-electron chi connectivity index (χ2n) is 6.18. The molecular formula is C21H17N2O+. The van der Waals surface area contributed by atoms with Crippen LogP contribution in [0.4, 0.5) is 0 Å². The Balaban J connectivity index is 2.24. The summed E-state index contributed by atoms with van der Waals surface area (Å²) in [5.74, 6) is 0. The molecule has 2 aromatic carbocycles. The van der Waals surface area contributed by atoms with E-state index in [1.165, 1.54) is 0 Å². The lowest BCUT2D eigenvalue weighted by Crippen LogP contribution is -2.30. The van der Waals surface area contributed by atoms with Gasteiger partial charge in [0.1, 0.15) is 24.3 Å². The first-order valence-corrected chi connectivity index (χ1v) is 7.92. The number of hydrogen-bond donors (Lipinski definition) is 0. The van der Waals surface area contributed by atoms with Crippen LogP contribution in [0.2, 0.25) is 0 Å². The average Bonchev–Trinajstić information content (AvgIpc) is 2.93. The third kappa shape index (κ3) is 1.93. The predicted octanol–water partition coefficient (Wildman–Crippen LogP) is 4.57. The Bertz CT molecular complexity index is 1150. The lowest BCUT2D eigenvalue weighted by molar-refractivity contribution is -0.660. The minimum Gasteiger partial charge on any atom is -0.456 e. The Hall–Kier alpha value is -3.12. The van der Waals surface area contributed by atoms with Crippen molar-refractivity contribution in [3.05, 3.63) is 65.4 Å². The van der Waals surface area contributed by atoms with E-state index in [-0.39, 0.29) is 0 Å². The van der Waals surface area contributed by atoms with Gasteiger partial charge < -0.3 is 4.42 Å². The summed E-state index contributed by atoms with van der Waals surface area (Å²) in [6, 6.07) is 16.5. The van der Waals surface area contributed by atoms with Crippen molar-refractivity contribution < 1.29 is 8.98 Å². The molecule has 0 unspecified atom stereocenters. The van der Waals surface area contributed by atoms with Crippen molar-refractivity contribution in [2.24, 2.45) is 7.05 Å². The first-order chi connectivity index (χ1) is 11.6. The quantitative estimate of drug-likeness (QED) is 0.483. The third-order valence-electron chi connectivity index (χ3n) is 4.62. The van der Waals surface area contributed by atoms with Crippen molar-refractivity contribution in [2.75, 3.05) is 0 Å². The molecule has 4 rings (SSSR count). The minimum atomic E-state index is 0.680. The number of rotatable bonds is 1. The van der Waals surface area contributed by atoms with E-state index in [4.69, 9.17) is 4.42 Å². The molecule has 0 fully saturated rings. The zero-order valence-electron chi connectivity index (χ0n) is 13.9. The van der Waals surface area contributed by atoms with Crippen LogP contribution in [-0.4, -0.2) is 0 Å². The van der Waals surface area contributed by atoms with Gasteiger partial charge in [-0.15, -0.1) is 0 Å². The van der Waals surface area contributed by atoms with Crippen LogP contribution in [0.1, 0.15) is 16.7 Å². The highest BCUT2D eigenvalue weighted by atomic mass is 16.3. The molecule has 3 nitrogen and oxygen atoms in total. The zero-order chi connectivity index (χ0) is 16.8. The second kappa shape index (κ2) is 5.21. The van der Waals surface area contributed by atoms with Crippen molar-refractivity contribution >= 4 is 21.9 Å². The summed E-state index contributed by atoms with van der Waals surface area (Å²) in [5, 5.41) is 11.9. The van der Waals surface area contributed by atoms with E-state index in [0.29, 0.717) is 5.56 Å². The van der Waals surface area contributed by atoms with Gasteiger partial charge in [0.25, 0.3) is 0 Å². The Morgan fingerprint density at radius 2 is 1.79 bits per heavy atom. The number of aryl methyl sites for hydroxylation is 3. The standard InChI is InChI=1S/C21H17N2O/c1-13-7-6-9-17-20(13)21-15(12-22)19(14(2)11-18(21)24-17)16-8-4-5-10-23(16)3/h4-11H,1-3H3/q+1. The third-order valence-corrected chi connectivity index (χ3v) is 4.62. The van der Waals surface area contributed by atoms with Crippen molar-refractivity contribution in [1.82, 2.24) is 0 Å². The van der Waals surface area contributed by atoms with Crippen molar-refractivity contribution in [3.63, 3.8) is 0 Å². The number of nitriles is 1. The van der Waals surface area contributed by atoms with Gasteiger partial charge in [0.15, 0.2) is 6.20 Å². The molecule has 0 aliphatic carbocycles. The number of benzene rings is 2. The average molecular weight is 313 g/mol. The van der Waals surface area contributed by atoms with Crippen LogP contribution in [-0.2, 0) is 7.05 Å². The SMILES string of the molecule is Cc1cc2oc3cccc(C)c3c2c(C#N)c1-c1cccc[n+]1C. The second-order valence-corrected chi connectivity index (χ2v) is 6.18. The van der Waals surface area contributed by atoms with Crippen molar-refractivity contribution in [2.45, 2.75) is 13.8 Å². The van der Waals surface area contributed by atoms with Gasteiger partial charge in [0.05, 0.1) is 11.1 Å². The monoisotopic (exact) mass is 313 g/mol. The molecule has 0 N–H and O–H groups in total. The molecule has 0 saturated heterocycles. The lowest BCUT2D eigenvalue weighted by Gasteiger charge is -2.08. The first-order valence-electron chi connectivity index (χ1n) is 7.92. The Morgan fingerprint density at radius 1 is 0.958 bits per heavy atom. The molecule has 2 heterocycles. The first kappa shape index (κ1) is 14.5. The van der Waals surface area contributed by atoms with E-state index in [9.17, 15) is 5.26 Å². The summed E-state index contributed by atoms with van der Waals surface area (Å²) in [6.45, 7) is 4.09. The molecule has 0 amide bonds. The smallest absolute Gasteiger partial charge is 0.213 e. The molecule has 0 aliphatic rings. The molecule has 0 atom stereocenters. The number of aromatic nitrogens is 1. The molecule has 116 valence electrons. The summed E-state index contributed by atoms with van der Waals surface area (Å²) in [4.78, 5) is 0. The van der Waals surface area contributed by atoms with E-state index < -0.39 is 0 Å². The van der Waals surface area contributed by atoms with Crippen LogP contribution in [0.25, 0.3) is 33.2 Å². The van der Waals surface area contributed by atoms with Gasteiger partial charge in [0, 0.05) is 22.9 Å². The highest BCUT2D eigenvalue weighted by molar-refractivity contribution is 6.11. The summed E-state index contributed by atoms with van der Waals surface area (Å²) >= 11 is 0. The van der Waals surface area contributed by atoms with Gasteiger partial charge in [-0.25, -0.2) is 4.57 Å². The topological polar surface area (TPSA) is 40.8 Å². The van der Waals surface area contributed by atoms with Gasteiger partial charge in [-0.05, 0) is 43.2 Å². The summed E-state index contributed by atoms with van der Waals surface area (Å²) in [6.07, 6.45) is 2.00. The fourth-order valence-corrected chi connectivity index (χ4v) is 3.50. The van der Waals surface area contributed by atoms with Crippen LogP contribution in [0.15, 0.2) is 53.1 Å². The van der Waals surface area contributed by atoms with Crippen LogP contribution < -0.4 is 4.57 Å². The Labute approximate surface area is 140 Å². The van der Waals surface area contributed by atoms with Crippen molar-refractivity contribution in [1.29, 1.82) is 5.26 Å². The summed E-state index contributed by atoms with van der Waals surface area (Å²) in [7, 11) is 2.00. The highest BCUT2D eigenvalue weighted by Gasteiger charge is 2.23. The van der Waals surface area contributed by atoms with E-state index in [1.807, 2.05) is 61.1 Å². The molecule has 2 aromatic heterocycles. The summed E-state index contributed by atoms with van der Waals surface area (Å²) < 4.78 is 8.07. The van der Waals surface area contributed by atoms with Crippen molar-refractivity contribution in [3.8, 4) is 17.3 Å². The molecule has 0 spiro atoms. The van der Waals surface area contributed by atoms with Crippen LogP contribution in [0, 0.1) is 25.2 Å². The predicted molar refractivity (Wildman–Crippen MR) is 94.5 cm³/mol. The van der Waals surface area contributed by atoms with Crippen LogP contribution >= 0.6 is 0 Å². The number of hydrogen-bond acceptors (Lipinski definition) is 2. The molecule has 0 bridgehead atoms. The lowest BCUT2D eigenvalue weighted by atomic mass is 9.93. The molecule has 0 radical (unpaired) electrons. The Kier molecular flexibility index (Phi) is 3.14. The fraction of sp³-hybridized carbons (Fsp3) is 0.143. The Morgan fingerprint density at radius 3 is 2.54 bits per heavy atom. The molecule has 0 aliphatic heterocycles. The molecule has 3 heteroatoms. The number of fused-ring (bicyclic) bond motifs is 3. The van der Waals surface area contributed by atoms with Gasteiger partial charge in [-0.2, -0.15) is 5.26 Å². The molecular weight excluding hydrogens is 296 g/mol. The number of pyridine rings is 1. The van der Waals surface area contributed by atoms with Gasteiger partial charge in [-0.1, -0.05) is 12.1 Å². The largest absolute Gasteiger partial charge is 0.456 e. The van der Waals surface area contributed by atoms with Gasteiger partial charge in [0.2, 0.25) is 5.69 Å². The number of furan rings is 1. The van der Waals surface area contributed by atoms with Crippen LogP contribution in [0.3, 0.4) is 0 Å². The van der Waals surface area contributed by atoms with E-state index in [0.717, 1.165) is 44.3 Å². The maximum Gasteiger partial charge on any atom is 0.213 e. The van der Waals surface area contributed by atoms with Crippen LogP contribution in [0.5, 0.6) is 0 Å². The fourth-order valence-electron chi connectivity index (χ4n) is 3.50. The molecule has 4 aromatic rings. The highest BCUT2D eigenvalue weighted by Crippen LogP contribution is 2.38. The number of nitrogens with zero attached hydrogens (tertiary/aromatic N) is 2. The van der Waals surface area contributed by atoms with Gasteiger partial charge >= 0.3 is 0 Å². The molecule has 0 saturated carbocycles. The van der Waals surface area contributed by atoms with E-state index >= 15 is 0 Å². The normalized spacial score (nSPS) is 11.1. The zero-order valence-corrected chi connectivity index (χ0v) is 13.9. The molecule has 24 heavy (non-hydrogen) atoms. The van der Waals surface area contributed by atoms with E-state index in [1.54, 1.807) is 0 Å². The maximum absolute atomic E-state index is 9.96. The summed E-state index contributed by atoms with van der Waals surface area (Å²) in [5.41, 5.74) is 6.44.